The highest BCUT2D eigenvalue weighted by Gasteiger charge is 2.37. The molecule has 2 aromatic carbocycles. The third kappa shape index (κ3) is 4.62. The molecule has 4 aromatic rings. The van der Waals surface area contributed by atoms with Crippen LogP contribution in [0, 0.1) is 11.3 Å². The lowest BCUT2D eigenvalue weighted by atomic mass is 9.78. The summed E-state index contributed by atoms with van der Waals surface area (Å²) >= 11 is 13.0. The number of ether oxygens (including phenoxy) is 1. The molecule has 188 valence electrons. The van der Waals surface area contributed by atoms with Crippen molar-refractivity contribution < 1.29 is 14.4 Å². The Hall–Kier alpha value is -2.95. The predicted molar refractivity (Wildman–Crippen MR) is 141 cm³/mol. The van der Waals surface area contributed by atoms with Crippen LogP contribution in [0.2, 0.25) is 10.0 Å². The maximum absolute atomic E-state index is 11.5. The van der Waals surface area contributed by atoms with Crippen molar-refractivity contribution in [3.05, 3.63) is 81.2 Å². The lowest BCUT2D eigenvalue weighted by molar-refractivity contribution is -0.0640. The molecular weight excluding hydrogens is 509 g/mol. The highest BCUT2D eigenvalue weighted by molar-refractivity contribution is 6.39. The number of nitriles is 1. The second kappa shape index (κ2) is 9.74. The van der Waals surface area contributed by atoms with Crippen molar-refractivity contribution in [2.45, 2.75) is 62.8 Å². The molecule has 2 aliphatic carbocycles. The molecule has 0 bridgehead atoms. The maximum Gasteiger partial charge on any atom is 0.145 e. The van der Waals surface area contributed by atoms with Gasteiger partial charge in [0.15, 0.2) is 0 Å². The Morgan fingerprint density at radius 3 is 2.54 bits per heavy atom. The second-order valence-corrected chi connectivity index (χ2v) is 10.8. The van der Waals surface area contributed by atoms with Crippen LogP contribution < -0.4 is 0 Å². The van der Waals surface area contributed by atoms with Crippen molar-refractivity contribution in [2.75, 3.05) is 0 Å². The molecule has 2 saturated carbocycles. The number of benzene rings is 2. The van der Waals surface area contributed by atoms with Gasteiger partial charge in [0.25, 0.3) is 0 Å². The summed E-state index contributed by atoms with van der Waals surface area (Å²) in [6, 6.07) is 15.0. The van der Waals surface area contributed by atoms with Gasteiger partial charge in [0.1, 0.15) is 11.5 Å². The van der Waals surface area contributed by atoms with Gasteiger partial charge in [-0.15, -0.1) is 0 Å². The molecule has 2 aromatic heterocycles. The summed E-state index contributed by atoms with van der Waals surface area (Å²) < 4.78 is 12.1. The van der Waals surface area contributed by atoms with Crippen molar-refractivity contribution in [1.82, 2.24) is 10.1 Å². The van der Waals surface area contributed by atoms with Gasteiger partial charge in [0.05, 0.1) is 45.5 Å². The van der Waals surface area contributed by atoms with E-state index in [9.17, 15) is 10.4 Å². The number of fused-ring (bicyclic) bond motifs is 1. The fourth-order valence-corrected chi connectivity index (χ4v) is 5.89. The van der Waals surface area contributed by atoms with Crippen molar-refractivity contribution in [3.8, 4) is 17.3 Å². The Morgan fingerprint density at radius 2 is 1.84 bits per heavy atom. The van der Waals surface area contributed by atoms with E-state index in [4.69, 9.17) is 32.5 Å². The summed E-state index contributed by atoms with van der Waals surface area (Å²) in [4.78, 5) is 4.40. The molecule has 2 aliphatic rings. The minimum absolute atomic E-state index is 0.000526. The van der Waals surface area contributed by atoms with Gasteiger partial charge in [-0.1, -0.05) is 46.6 Å². The Kier molecular flexibility index (Phi) is 6.42. The first-order valence-electron chi connectivity index (χ1n) is 12.5. The molecule has 0 radical (unpaired) electrons. The number of rotatable bonds is 6. The van der Waals surface area contributed by atoms with Crippen molar-refractivity contribution in [1.29, 1.82) is 5.26 Å². The van der Waals surface area contributed by atoms with Gasteiger partial charge >= 0.3 is 0 Å². The molecule has 0 atom stereocenters. The molecule has 2 fully saturated rings. The average Bonchev–Trinajstić information content (AvgIpc) is 3.68. The van der Waals surface area contributed by atoms with Gasteiger partial charge < -0.3 is 14.4 Å². The van der Waals surface area contributed by atoms with E-state index in [0.717, 1.165) is 35.1 Å². The molecule has 0 spiro atoms. The Labute approximate surface area is 224 Å². The smallest absolute Gasteiger partial charge is 0.145 e. The van der Waals surface area contributed by atoms with Crippen LogP contribution in [0.4, 0.5) is 0 Å². The second-order valence-electron chi connectivity index (χ2n) is 9.99. The van der Waals surface area contributed by atoms with Gasteiger partial charge in [-0.2, -0.15) is 5.26 Å². The van der Waals surface area contributed by atoms with Gasteiger partial charge in [-0.3, -0.25) is 4.98 Å². The number of hydrogen-bond acceptors (Lipinski definition) is 6. The molecule has 0 amide bonds. The highest BCUT2D eigenvalue weighted by atomic mass is 35.5. The Morgan fingerprint density at radius 1 is 1.08 bits per heavy atom. The van der Waals surface area contributed by atoms with Crippen LogP contribution in [0.5, 0.6) is 0 Å². The molecule has 6 rings (SSSR count). The van der Waals surface area contributed by atoms with E-state index >= 15 is 0 Å². The van der Waals surface area contributed by atoms with Crippen LogP contribution >= 0.6 is 23.2 Å². The van der Waals surface area contributed by atoms with E-state index in [1.807, 2.05) is 24.3 Å². The molecule has 8 heteroatoms. The molecule has 0 saturated heterocycles. The summed E-state index contributed by atoms with van der Waals surface area (Å²) in [5, 5.41) is 27.0. The number of aliphatic hydroxyl groups is 1. The van der Waals surface area contributed by atoms with Crippen LogP contribution in [-0.4, -0.2) is 21.4 Å². The van der Waals surface area contributed by atoms with E-state index in [1.165, 1.54) is 0 Å². The number of halogens is 2. The largest absolute Gasteiger partial charge is 0.385 e. The lowest BCUT2D eigenvalue weighted by Crippen LogP contribution is -2.34. The topological polar surface area (TPSA) is 92.2 Å². The standard InChI is InChI=1S/C29H25Cl2N3O3/c30-23-2-1-3-24(31)26(23)27-22(28(37-34-27)17-4-5-17)16-36-20-8-11-29(35,12-9-20)19-6-7-21-18(15-32)10-13-33-25(21)14-19/h1-3,6-7,10,13-14,17,20,35H,4-5,8-9,11-12,16H2. The van der Waals surface area contributed by atoms with Crippen molar-refractivity contribution in [2.24, 2.45) is 0 Å². The fraction of sp³-hybridized carbons (Fsp3) is 0.345. The molecule has 37 heavy (non-hydrogen) atoms. The number of hydrogen-bond donors (Lipinski definition) is 1. The minimum Gasteiger partial charge on any atom is -0.385 e. The van der Waals surface area contributed by atoms with Crippen LogP contribution in [0.1, 0.15) is 66.9 Å². The summed E-state index contributed by atoms with van der Waals surface area (Å²) in [6.07, 6.45) is 6.35. The number of pyridine rings is 1. The predicted octanol–water partition coefficient (Wildman–Crippen LogP) is 7.29. The van der Waals surface area contributed by atoms with Gasteiger partial charge in [-0.25, -0.2) is 0 Å². The fourth-order valence-electron chi connectivity index (χ4n) is 5.31. The Balaban J connectivity index is 1.18. The third-order valence-electron chi connectivity index (χ3n) is 7.59. The zero-order chi connectivity index (χ0) is 25.6. The first kappa shape index (κ1) is 24.4. The zero-order valence-electron chi connectivity index (χ0n) is 20.1. The normalized spacial score (nSPS) is 21.7. The Bertz CT molecular complexity index is 1490. The molecule has 0 unspecified atom stereocenters. The first-order chi connectivity index (χ1) is 18.0. The zero-order valence-corrected chi connectivity index (χ0v) is 21.6. The van der Waals surface area contributed by atoms with E-state index in [2.05, 4.69) is 16.2 Å². The van der Waals surface area contributed by atoms with Crippen LogP contribution in [0.25, 0.3) is 22.2 Å². The van der Waals surface area contributed by atoms with Crippen LogP contribution in [0.3, 0.4) is 0 Å². The van der Waals surface area contributed by atoms with Gasteiger partial charge in [0.2, 0.25) is 0 Å². The quantitative estimate of drug-likeness (QED) is 0.279. The van der Waals surface area contributed by atoms with E-state index in [-0.39, 0.29) is 6.10 Å². The van der Waals surface area contributed by atoms with Crippen LogP contribution in [-0.2, 0) is 16.9 Å². The van der Waals surface area contributed by atoms with Gasteiger partial charge in [0, 0.05) is 28.6 Å². The molecule has 1 N–H and O–H groups in total. The molecular formula is C29H25Cl2N3O3. The molecule has 2 heterocycles. The highest BCUT2D eigenvalue weighted by Crippen LogP contribution is 2.46. The van der Waals surface area contributed by atoms with Crippen molar-refractivity contribution in [3.63, 3.8) is 0 Å². The summed E-state index contributed by atoms with van der Waals surface area (Å²) in [5.41, 5.74) is 3.39. The number of nitrogens with zero attached hydrogens (tertiary/aromatic N) is 3. The first-order valence-corrected chi connectivity index (χ1v) is 13.3. The maximum atomic E-state index is 11.5. The monoisotopic (exact) mass is 533 g/mol. The minimum atomic E-state index is -0.953. The van der Waals surface area contributed by atoms with Crippen LogP contribution in [0.15, 0.2) is 53.2 Å². The van der Waals surface area contributed by atoms with E-state index in [1.54, 1.807) is 24.4 Å². The summed E-state index contributed by atoms with van der Waals surface area (Å²) in [7, 11) is 0. The SMILES string of the molecule is N#Cc1ccnc2cc(C3(O)CCC(OCc4c(-c5c(Cl)cccc5Cl)noc4C4CC4)CC3)ccc12. The average molecular weight is 534 g/mol. The third-order valence-corrected chi connectivity index (χ3v) is 8.22. The van der Waals surface area contributed by atoms with Crippen molar-refractivity contribution >= 4 is 34.1 Å². The number of aromatic nitrogens is 2. The van der Waals surface area contributed by atoms with E-state index < -0.39 is 5.60 Å². The molecule has 0 aliphatic heterocycles. The summed E-state index contributed by atoms with van der Waals surface area (Å²) in [6.45, 7) is 0.353. The molecule has 6 nitrogen and oxygen atoms in total. The summed E-state index contributed by atoms with van der Waals surface area (Å²) in [5.74, 6) is 1.22. The van der Waals surface area contributed by atoms with E-state index in [0.29, 0.717) is 70.6 Å². The lowest BCUT2D eigenvalue weighted by Gasteiger charge is -2.36. The van der Waals surface area contributed by atoms with Gasteiger partial charge in [-0.05, 0) is 68.4 Å².